The van der Waals surface area contributed by atoms with Crippen molar-refractivity contribution in [2.24, 2.45) is 0 Å². The second-order valence-corrected chi connectivity index (χ2v) is 7.64. The molecule has 1 nitrogen and oxygen atoms in total. The number of halogens is 1. The SMILES string of the molecule is CCCCC1(c2ccc(Cl)cc2)CC(O)(c2cccs2)C1. The van der Waals surface area contributed by atoms with E-state index in [0.717, 1.165) is 29.2 Å². The molecule has 1 aromatic heterocycles. The molecule has 0 radical (unpaired) electrons. The Morgan fingerprint density at radius 1 is 1.19 bits per heavy atom. The van der Waals surface area contributed by atoms with Crippen LogP contribution in [0.4, 0.5) is 0 Å². The Hall–Kier alpha value is -0.830. The van der Waals surface area contributed by atoms with Gasteiger partial charge in [-0.05, 0) is 48.4 Å². The van der Waals surface area contributed by atoms with Crippen molar-refractivity contribution >= 4 is 22.9 Å². The molecule has 0 atom stereocenters. The number of hydrogen-bond donors (Lipinski definition) is 1. The molecule has 1 N–H and O–H groups in total. The molecule has 0 aliphatic heterocycles. The van der Waals surface area contributed by atoms with Gasteiger partial charge >= 0.3 is 0 Å². The molecule has 0 saturated heterocycles. The summed E-state index contributed by atoms with van der Waals surface area (Å²) in [6.45, 7) is 2.22. The van der Waals surface area contributed by atoms with E-state index < -0.39 is 5.60 Å². The molecule has 0 unspecified atom stereocenters. The van der Waals surface area contributed by atoms with E-state index in [1.807, 2.05) is 23.6 Å². The second kappa shape index (κ2) is 5.75. The van der Waals surface area contributed by atoms with Crippen LogP contribution in [0.1, 0.15) is 49.5 Å². The molecular weight excluding hydrogens is 300 g/mol. The van der Waals surface area contributed by atoms with Gasteiger partial charge in [-0.2, -0.15) is 0 Å². The van der Waals surface area contributed by atoms with Crippen LogP contribution >= 0.6 is 22.9 Å². The van der Waals surface area contributed by atoms with E-state index in [2.05, 4.69) is 25.1 Å². The molecule has 0 spiro atoms. The van der Waals surface area contributed by atoms with Crippen LogP contribution in [-0.4, -0.2) is 5.11 Å². The van der Waals surface area contributed by atoms with Gasteiger partial charge in [0.15, 0.2) is 0 Å². The summed E-state index contributed by atoms with van der Waals surface area (Å²) in [5, 5.41) is 13.7. The third kappa shape index (κ3) is 2.77. The maximum atomic E-state index is 10.9. The fourth-order valence-electron chi connectivity index (χ4n) is 3.63. The number of unbranched alkanes of at least 4 members (excludes halogenated alkanes) is 1. The maximum Gasteiger partial charge on any atom is 0.100 e. The highest BCUT2D eigenvalue weighted by atomic mass is 35.5. The minimum atomic E-state index is -0.637. The van der Waals surface area contributed by atoms with Crippen LogP contribution in [0.15, 0.2) is 41.8 Å². The Balaban J connectivity index is 1.86. The van der Waals surface area contributed by atoms with Crippen LogP contribution in [0.5, 0.6) is 0 Å². The first-order chi connectivity index (χ1) is 10.1. The summed E-state index contributed by atoms with van der Waals surface area (Å²) >= 11 is 7.67. The quantitative estimate of drug-likeness (QED) is 0.770. The van der Waals surface area contributed by atoms with Crippen LogP contribution in [0.3, 0.4) is 0 Å². The molecule has 21 heavy (non-hydrogen) atoms. The summed E-state index contributed by atoms with van der Waals surface area (Å²) in [6, 6.07) is 12.3. The molecule has 0 bridgehead atoms. The van der Waals surface area contributed by atoms with Gasteiger partial charge in [0.05, 0.1) is 0 Å². The van der Waals surface area contributed by atoms with E-state index in [4.69, 9.17) is 11.6 Å². The van der Waals surface area contributed by atoms with E-state index >= 15 is 0 Å². The van der Waals surface area contributed by atoms with Crippen molar-refractivity contribution < 1.29 is 5.11 Å². The Kier molecular flexibility index (Phi) is 4.13. The first-order valence-corrected chi connectivity index (χ1v) is 8.86. The molecule has 1 aliphatic rings. The van der Waals surface area contributed by atoms with Gasteiger partial charge in [-0.25, -0.2) is 0 Å². The van der Waals surface area contributed by atoms with Crippen LogP contribution < -0.4 is 0 Å². The van der Waals surface area contributed by atoms with Crippen molar-refractivity contribution in [3.8, 4) is 0 Å². The van der Waals surface area contributed by atoms with E-state index in [-0.39, 0.29) is 5.41 Å². The first-order valence-electron chi connectivity index (χ1n) is 7.60. The zero-order valence-corrected chi connectivity index (χ0v) is 13.9. The van der Waals surface area contributed by atoms with E-state index in [0.29, 0.717) is 0 Å². The number of aliphatic hydroxyl groups is 1. The number of hydrogen-bond acceptors (Lipinski definition) is 2. The predicted octanol–water partition coefficient (Wildman–Crippen LogP) is 5.51. The molecule has 112 valence electrons. The molecule has 1 heterocycles. The molecule has 3 heteroatoms. The van der Waals surface area contributed by atoms with Gasteiger partial charge in [-0.1, -0.05) is 49.6 Å². The van der Waals surface area contributed by atoms with Gasteiger partial charge in [-0.15, -0.1) is 11.3 Å². The monoisotopic (exact) mass is 320 g/mol. The van der Waals surface area contributed by atoms with Gasteiger partial charge in [0, 0.05) is 15.3 Å². The van der Waals surface area contributed by atoms with Gasteiger partial charge in [0.1, 0.15) is 5.60 Å². The van der Waals surface area contributed by atoms with Gasteiger partial charge in [0.25, 0.3) is 0 Å². The highest BCUT2D eigenvalue weighted by molar-refractivity contribution is 7.10. The summed E-state index contributed by atoms with van der Waals surface area (Å²) in [7, 11) is 0. The fraction of sp³-hybridized carbons (Fsp3) is 0.444. The van der Waals surface area contributed by atoms with Crippen LogP contribution in [0.2, 0.25) is 5.02 Å². The largest absolute Gasteiger partial charge is 0.384 e. The van der Waals surface area contributed by atoms with Crippen LogP contribution in [0, 0.1) is 0 Å². The average molecular weight is 321 g/mol. The number of rotatable bonds is 5. The third-order valence-corrected chi connectivity index (χ3v) is 6.02. The molecule has 1 fully saturated rings. The first kappa shape index (κ1) is 15.1. The summed E-state index contributed by atoms with van der Waals surface area (Å²) in [6.07, 6.45) is 5.17. The average Bonchev–Trinajstić information content (AvgIpc) is 2.98. The second-order valence-electron chi connectivity index (χ2n) is 6.25. The van der Waals surface area contributed by atoms with Crippen molar-refractivity contribution in [1.82, 2.24) is 0 Å². The van der Waals surface area contributed by atoms with Gasteiger partial charge in [0.2, 0.25) is 0 Å². The molecule has 0 amide bonds. The molecule has 1 saturated carbocycles. The van der Waals surface area contributed by atoms with Gasteiger partial charge < -0.3 is 5.11 Å². The molecular formula is C18H21ClOS. The molecule has 2 aromatic rings. The van der Waals surface area contributed by atoms with Crippen molar-refractivity contribution in [2.45, 2.75) is 50.0 Å². The Labute approximate surface area is 135 Å². The zero-order valence-electron chi connectivity index (χ0n) is 12.3. The molecule has 1 aliphatic carbocycles. The summed E-state index contributed by atoms with van der Waals surface area (Å²) < 4.78 is 0. The number of benzene rings is 1. The zero-order chi connectivity index (χ0) is 14.9. The van der Waals surface area contributed by atoms with E-state index in [9.17, 15) is 5.11 Å². The Bertz CT molecular complexity index is 582. The maximum absolute atomic E-state index is 10.9. The lowest BCUT2D eigenvalue weighted by Gasteiger charge is -2.54. The van der Waals surface area contributed by atoms with Crippen molar-refractivity contribution in [3.05, 3.63) is 57.2 Å². The van der Waals surface area contributed by atoms with E-state index in [1.165, 1.54) is 18.4 Å². The smallest absolute Gasteiger partial charge is 0.100 e. The highest BCUT2D eigenvalue weighted by Gasteiger charge is 2.55. The van der Waals surface area contributed by atoms with Crippen LogP contribution in [0.25, 0.3) is 0 Å². The topological polar surface area (TPSA) is 20.2 Å². The third-order valence-electron chi connectivity index (χ3n) is 4.71. The van der Waals surface area contributed by atoms with Crippen molar-refractivity contribution in [3.63, 3.8) is 0 Å². The van der Waals surface area contributed by atoms with Crippen molar-refractivity contribution in [1.29, 1.82) is 0 Å². The lowest BCUT2D eigenvalue weighted by molar-refractivity contribution is -0.0987. The molecule has 1 aromatic carbocycles. The number of thiophene rings is 1. The summed E-state index contributed by atoms with van der Waals surface area (Å²) in [5.74, 6) is 0. The van der Waals surface area contributed by atoms with Gasteiger partial charge in [-0.3, -0.25) is 0 Å². The normalized spacial score (nSPS) is 28.3. The Morgan fingerprint density at radius 2 is 1.90 bits per heavy atom. The lowest BCUT2D eigenvalue weighted by Crippen LogP contribution is -2.52. The standard InChI is InChI=1S/C18H21ClOS/c1-2-3-10-17(14-6-8-15(19)9-7-14)12-18(20,13-17)16-5-4-11-21-16/h4-9,11,20H,2-3,10,12-13H2,1H3. The lowest BCUT2D eigenvalue weighted by atomic mass is 9.54. The molecule has 3 rings (SSSR count). The predicted molar refractivity (Wildman–Crippen MR) is 90.1 cm³/mol. The highest BCUT2D eigenvalue weighted by Crippen LogP contribution is 2.58. The van der Waals surface area contributed by atoms with Crippen LogP contribution in [-0.2, 0) is 11.0 Å². The fourth-order valence-corrected chi connectivity index (χ4v) is 4.58. The minimum absolute atomic E-state index is 0.110. The Morgan fingerprint density at radius 3 is 2.48 bits per heavy atom. The summed E-state index contributed by atoms with van der Waals surface area (Å²) in [4.78, 5) is 1.10. The van der Waals surface area contributed by atoms with E-state index in [1.54, 1.807) is 11.3 Å². The minimum Gasteiger partial charge on any atom is -0.384 e. The van der Waals surface area contributed by atoms with Crippen molar-refractivity contribution in [2.75, 3.05) is 0 Å². The summed E-state index contributed by atoms with van der Waals surface area (Å²) in [5.41, 5.74) is 0.794.